The number of methoxy groups -OCH3 is 2. The number of ether oxygens (including phenoxy) is 2. The second kappa shape index (κ2) is 9.11. The average Bonchev–Trinajstić information content (AvgIpc) is 3.25. The van der Waals surface area contributed by atoms with Crippen LogP contribution in [0.5, 0.6) is 11.5 Å². The van der Waals surface area contributed by atoms with E-state index in [1.807, 2.05) is 12.1 Å². The minimum absolute atomic E-state index is 0.0458. The van der Waals surface area contributed by atoms with E-state index in [2.05, 4.69) is 33.2 Å². The van der Waals surface area contributed by atoms with Gasteiger partial charge in [0.2, 0.25) is 5.82 Å². The number of likely N-dealkylation sites (tertiary alicyclic amines) is 1. The molecule has 0 unspecified atom stereocenters. The van der Waals surface area contributed by atoms with Crippen LogP contribution >= 0.6 is 0 Å². The van der Waals surface area contributed by atoms with Crippen molar-refractivity contribution in [1.82, 2.24) is 20.2 Å². The summed E-state index contributed by atoms with van der Waals surface area (Å²) in [6.45, 7) is 4.58. The molecule has 1 aromatic carbocycles. The van der Waals surface area contributed by atoms with Crippen LogP contribution in [0.3, 0.4) is 0 Å². The van der Waals surface area contributed by atoms with Gasteiger partial charge in [0, 0.05) is 0 Å². The summed E-state index contributed by atoms with van der Waals surface area (Å²) in [6, 6.07) is 6.51. The SMILES string of the molecule is COc1ccc(OC)c([C@@H](c2nnnn2C2CCCCC2)[NH+]2CCC(C)CC2)c1. The Balaban J connectivity index is 1.77. The van der Waals surface area contributed by atoms with Crippen molar-refractivity contribution < 1.29 is 14.4 Å². The summed E-state index contributed by atoms with van der Waals surface area (Å²) in [5.74, 6) is 3.46. The smallest absolute Gasteiger partial charge is 0.214 e. The Morgan fingerprint density at radius 1 is 1.03 bits per heavy atom. The lowest BCUT2D eigenvalue weighted by molar-refractivity contribution is -0.932. The first kappa shape index (κ1) is 20.1. The number of tetrazole rings is 1. The van der Waals surface area contributed by atoms with Gasteiger partial charge in [0.15, 0.2) is 6.04 Å². The van der Waals surface area contributed by atoms with Crippen LogP contribution in [0, 0.1) is 5.92 Å². The molecule has 1 atom stereocenters. The summed E-state index contributed by atoms with van der Waals surface area (Å²) in [4.78, 5) is 1.52. The molecule has 4 rings (SSSR count). The standard InChI is InChI=1S/C22H33N5O2/c1-16-11-13-26(14-12-16)21(19-15-18(28-2)9-10-20(19)29-3)22-23-24-25-27(22)17-7-5-4-6-8-17/h9-10,15-17,21H,4-8,11-14H2,1-3H3/p+1/t21-/m0/s1. The van der Waals surface area contributed by atoms with Gasteiger partial charge in [-0.1, -0.05) is 26.2 Å². The first-order chi connectivity index (χ1) is 14.2. The Labute approximate surface area is 173 Å². The van der Waals surface area contributed by atoms with E-state index in [0.29, 0.717) is 6.04 Å². The van der Waals surface area contributed by atoms with Gasteiger partial charge in [-0.15, -0.1) is 5.10 Å². The minimum Gasteiger partial charge on any atom is -0.497 e. The fourth-order valence-electron chi connectivity index (χ4n) is 5.00. The Kier molecular flexibility index (Phi) is 6.33. The van der Waals surface area contributed by atoms with Crippen molar-refractivity contribution >= 4 is 0 Å². The topological polar surface area (TPSA) is 66.5 Å². The molecule has 2 aromatic rings. The molecule has 0 amide bonds. The van der Waals surface area contributed by atoms with Crippen LogP contribution in [0.1, 0.15) is 75.3 Å². The Morgan fingerprint density at radius 2 is 1.79 bits per heavy atom. The quantitative estimate of drug-likeness (QED) is 0.807. The van der Waals surface area contributed by atoms with E-state index in [-0.39, 0.29) is 6.04 Å². The summed E-state index contributed by atoms with van der Waals surface area (Å²) in [5.41, 5.74) is 1.11. The predicted octanol–water partition coefficient (Wildman–Crippen LogP) is 2.60. The normalized spacial score (nSPS) is 24.2. The molecule has 0 bridgehead atoms. The molecular weight excluding hydrogens is 366 g/mol. The maximum absolute atomic E-state index is 5.77. The van der Waals surface area contributed by atoms with E-state index < -0.39 is 0 Å². The number of hydrogen-bond acceptors (Lipinski definition) is 5. The van der Waals surface area contributed by atoms with Crippen molar-refractivity contribution in [1.29, 1.82) is 0 Å². The van der Waals surface area contributed by atoms with E-state index in [1.54, 1.807) is 14.2 Å². The molecule has 2 heterocycles. The van der Waals surface area contributed by atoms with Crippen molar-refractivity contribution in [2.75, 3.05) is 27.3 Å². The van der Waals surface area contributed by atoms with Crippen molar-refractivity contribution in [3.05, 3.63) is 29.6 Å². The zero-order chi connectivity index (χ0) is 20.2. The predicted molar refractivity (Wildman–Crippen MR) is 110 cm³/mol. The summed E-state index contributed by atoms with van der Waals surface area (Å²) >= 11 is 0. The maximum Gasteiger partial charge on any atom is 0.214 e. The molecule has 0 radical (unpaired) electrons. The van der Waals surface area contributed by atoms with Gasteiger partial charge in [-0.3, -0.25) is 0 Å². The van der Waals surface area contributed by atoms with Crippen LogP contribution < -0.4 is 14.4 Å². The maximum atomic E-state index is 5.77. The van der Waals surface area contributed by atoms with Crippen LogP contribution in [0.4, 0.5) is 0 Å². The summed E-state index contributed by atoms with van der Waals surface area (Å²) in [5, 5.41) is 13.2. The molecule has 1 aliphatic heterocycles. The molecule has 0 spiro atoms. The Bertz CT molecular complexity index is 794. The highest BCUT2D eigenvalue weighted by Gasteiger charge is 2.37. The van der Waals surface area contributed by atoms with Crippen LogP contribution in [0.15, 0.2) is 18.2 Å². The lowest BCUT2D eigenvalue weighted by Gasteiger charge is -2.34. The van der Waals surface area contributed by atoms with E-state index in [1.165, 1.54) is 37.0 Å². The molecule has 1 N–H and O–H groups in total. The monoisotopic (exact) mass is 400 g/mol. The molecule has 7 nitrogen and oxygen atoms in total. The number of nitrogens with zero attached hydrogens (tertiary/aromatic N) is 4. The van der Waals surface area contributed by atoms with Gasteiger partial charge in [-0.2, -0.15) is 0 Å². The zero-order valence-corrected chi connectivity index (χ0v) is 17.9. The lowest BCUT2D eigenvalue weighted by Crippen LogP contribution is -3.13. The van der Waals surface area contributed by atoms with Gasteiger partial charge >= 0.3 is 0 Å². The van der Waals surface area contributed by atoms with Crippen LogP contribution in [-0.2, 0) is 0 Å². The highest BCUT2D eigenvalue weighted by Crippen LogP contribution is 2.34. The third-order valence-electron chi connectivity index (χ3n) is 6.77. The second-order valence-corrected chi connectivity index (χ2v) is 8.66. The van der Waals surface area contributed by atoms with Crippen LogP contribution in [0.2, 0.25) is 0 Å². The van der Waals surface area contributed by atoms with Crippen molar-refractivity contribution in [3.63, 3.8) is 0 Å². The van der Waals surface area contributed by atoms with Crippen molar-refractivity contribution in [3.8, 4) is 11.5 Å². The Hall–Kier alpha value is -2.15. The van der Waals surface area contributed by atoms with Gasteiger partial charge in [0.1, 0.15) is 11.5 Å². The molecule has 1 aliphatic carbocycles. The van der Waals surface area contributed by atoms with Crippen LogP contribution in [-0.4, -0.2) is 47.5 Å². The third-order valence-corrected chi connectivity index (χ3v) is 6.77. The Morgan fingerprint density at radius 3 is 2.48 bits per heavy atom. The van der Waals surface area contributed by atoms with E-state index in [9.17, 15) is 0 Å². The van der Waals surface area contributed by atoms with Crippen molar-refractivity contribution in [2.45, 2.75) is 64.0 Å². The molecular formula is C22H34N5O2+. The molecule has 7 heteroatoms. The molecule has 29 heavy (non-hydrogen) atoms. The van der Waals surface area contributed by atoms with Gasteiger partial charge in [-0.05, 0) is 60.2 Å². The number of nitrogens with one attached hydrogen (secondary N) is 1. The highest BCUT2D eigenvalue weighted by molar-refractivity contribution is 5.43. The molecule has 158 valence electrons. The molecule has 2 aliphatic rings. The fraction of sp³-hybridized carbons (Fsp3) is 0.682. The molecule has 2 fully saturated rings. The number of rotatable bonds is 6. The lowest BCUT2D eigenvalue weighted by atomic mass is 9.93. The molecule has 1 saturated carbocycles. The largest absolute Gasteiger partial charge is 0.497 e. The van der Waals surface area contributed by atoms with Gasteiger partial charge in [0.25, 0.3) is 0 Å². The van der Waals surface area contributed by atoms with E-state index in [4.69, 9.17) is 9.47 Å². The number of aromatic nitrogens is 4. The average molecular weight is 401 g/mol. The first-order valence-electron chi connectivity index (χ1n) is 11.1. The summed E-state index contributed by atoms with van der Waals surface area (Å²) in [7, 11) is 3.45. The van der Waals surface area contributed by atoms with Gasteiger partial charge in [0.05, 0.1) is 38.9 Å². The summed E-state index contributed by atoms with van der Waals surface area (Å²) < 4.78 is 13.4. The molecule has 1 aromatic heterocycles. The fourth-order valence-corrected chi connectivity index (χ4v) is 5.00. The van der Waals surface area contributed by atoms with Gasteiger partial charge in [-0.25, -0.2) is 4.68 Å². The van der Waals surface area contributed by atoms with Crippen molar-refractivity contribution in [2.24, 2.45) is 5.92 Å². The molecule has 1 saturated heterocycles. The van der Waals surface area contributed by atoms with E-state index in [0.717, 1.165) is 54.7 Å². The number of piperidine rings is 1. The third kappa shape index (κ3) is 4.25. The number of quaternary nitrogens is 1. The number of hydrogen-bond donors (Lipinski definition) is 1. The highest BCUT2D eigenvalue weighted by atomic mass is 16.5. The zero-order valence-electron chi connectivity index (χ0n) is 17.9. The minimum atomic E-state index is 0.0458. The van der Waals surface area contributed by atoms with E-state index >= 15 is 0 Å². The van der Waals surface area contributed by atoms with Crippen LogP contribution in [0.25, 0.3) is 0 Å². The second-order valence-electron chi connectivity index (χ2n) is 8.66. The van der Waals surface area contributed by atoms with Gasteiger partial charge < -0.3 is 14.4 Å². The first-order valence-corrected chi connectivity index (χ1v) is 11.1. The number of benzene rings is 1. The summed E-state index contributed by atoms with van der Waals surface area (Å²) in [6.07, 6.45) is 8.59.